The molecule has 1 heterocycles. The smallest absolute Gasteiger partial charge is 0.305 e. The fourth-order valence-electron chi connectivity index (χ4n) is 3.13. The van der Waals surface area contributed by atoms with Crippen LogP contribution in [0.1, 0.15) is 27.1 Å². The van der Waals surface area contributed by atoms with Gasteiger partial charge in [-0.25, -0.2) is 0 Å². The van der Waals surface area contributed by atoms with E-state index in [9.17, 15) is 24.5 Å². The Bertz CT molecular complexity index is 965. The van der Waals surface area contributed by atoms with Crippen molar-refractivity contribution in [3.63, 3.8) is 0 Å². The average Bonchev–Trinajstić information content (AvgIpc) is 2.69. The van der Waals surface area contributed by atoms with Gasteiger partial charge in [0.1, 0.15) is 0 Å². The third-order valence-electron chi connectivity index (χ3n) is 4.46. The molecule has 0 radical (unpaired) electrons. The zero-order chi connectivity index (χ0) is 21.0. The van der Waals surface area contributed by atoms with Gasteiger partial charge in [-0.05, 0) is 18.2 Å². The van der Waals surface area contributed by atoms with E-state index in [0.29, 0.717) is 5.39 Å². The molecule has 10 nitrogen and oxygen atoms in total. The second-order valence-corrected chi connectivity index (χ2v) is 6.25. The van der Waals surface area contributed by atoms with E-state index in [1.807, 2.05) is 0 Å². The lowest BCUT2D eigenvalue weighted by molar-refractivity contribution is -0.383. The molecule has 1 aliphatic heterocycles. The van der Waals surface area contributed by atoms with Crippen LogP contribution in [0.5, 0.6) is 0 Å². The minimum Gasteiger partial charge on any atom is -0.481 e. The standard InChI is InChI=1S/C19H18N2O8/c22-16(23)6-8-28-10-11-29-9-7-20-18(24)13-3-1-2-12-15(21(26)27)5-4-14(17(12)13)19(20)25/h1-5H,6-11H2,(H,22,23). The molecule has 0 atom stereocenters. The van der Waals surface area contributed by atoms with Crippen molar-refractivity contribution in [1.82, 2.24) is 4.90 Å². The third kappa shape index (κ3) is 4.23. The van der Waals surface area contributed by atoms with Crippen molar-refractivity contribution in [2.45, 2.75) is 6.42 Å². The summed E-state index contributed by atoms with van der Waals surface area (Å²) in [6.45, 7) is 0.557. The fraction of sp³-hybridized carbons (Fsp3) is 0.316. The number of hydrogen-bond acceptors (Lipinski definition) is 7. The molecule has 0 saturated carbocycles. The van der Waals surface area contributed by atoms with Crippen LogP contribution >= 0.6 is 0 Å². The van der Waals surface area contributed by atoms with E-state index >= 15 is 0 Å². The largest absolute Gasteiger partial charge is 0.481 e. The summed E-state index contributed by atoms with van der Waals surface area (Å²) in [4.78, 5) is 47.6. The number of nitro benzene ring substituents is 1. The van der Waals surface area contributed by atoms with Gasteiger partial charge in [-0.2, -0.15) is 0 Å². The second kappa shape index (κ2) is 8.76. The van der Waals surface area contributed by atoms with E-state index in [4.69, 9.17) is 14.6 Å². The summed E-state index contributed by atoms with van der Waals surface area (Å²) >= 11 is 0. The van der Waals surface area contributed by atoms with Gasteiger partial charge in [0.25, 0.3) is 17.5 Å². The van der Waals surface area contributed by atoms with Gasteiger partial charge in [-0.15, -0.1) is 0 Å². The van der Waals surface area contributed by atoms with E-state index in [0.717, 1.165) is 4.90 Å². The van der Waals surface area contributed by atoms with E-state index < -0.39 is 22.7 Å². The summed E-state index contributed by atoms with van der Waals surface area (Å²) in [6, 6.07) is 7.23. The number of carbonyl (C=O) groups excluding carboxylic acids is 2. The van der Waals surface area contributed by atoms with Crippen LogP contribution in [0, 0.1) is 10.1 Å². The molecular weight excluding hydrogens is 384 g/mol. The van der Waals surface area contributed by atoms with Crippen molar-refractivity contribution in [1.29, 1.82) is 0 Å². The number of carboxylic acids is 1. The van der Waals surface area contributed by atoms with Crippen LogP contribution in [0.4, 0.5) is 5.69 Å². The lowest BCUT2D eigenvalue weighted by Crippen LogP contribution is -2.42. The number of benzene rings is 2. The second-order valence-electron chi connectivity index (χ2n) is 6.25. The van der Waals surface area contributed by atoms with E-state index in [-0.39, 0.29) is 61.6 Å². The number of non-ortho nitro benzene ring substituents is 1. The SMILES string of the molecule is O=C(O)CCOCCOCCN1C(=O)c2cccc3c([N+](=O)[O-])ccc(c23)C1=O. The van der Waals surface area contributed by atoms with E-state index in [1.165, 1.54) is 24.3 Å². The molecule has 152 valence electrons. The lowest BCUT2D eigenvalue weighted by atomic mass is 9.93. The lowest BCUT2D eigenvalue weighted by Gasteiger charge is -2.27. The molecule has 0 aliphatic carbocycles. The number of imide groups is 1. The highest BCUT2D eigenvalue weighted by atomic mass is 16.6. The summed E-state index contributed by atoms with van der Waals surface area (Å²) in [7, 11) is 0. The minimum atomic E-state index is -0.950. The van der Waals surface area contributed by atoms with Gasteiger partial charge in [0.2, 0.25) is 0 Å². The molecular formula is C19H18N2O8. The monoisotopic (exact) mass is 402 g/mol. The number of aliphatic carboxylic acids is 1. The number of rotatable bonds is 10. The Morgan fingerprint density at radius 1 is 1.00 bits per heavy atom. The maximum Gasteiger partial charge on any atom is 0.305 e. The first-order valence-corrected chi connectivity index (χ1v) is 8.85. The van der Waals surface area contributed by atoms with Crippen LogP contribution in [0.25, 0.3) is 10.8 Å². The third-order valence-corrected chi connectivity index (χ3v) is 4.46. The molecule has 0 bridgehead atoms. The predicted octanol–water partition coefficient (Wildman–Crippen LogP) is 1.85. The van der Waals surface area contributed by atoms with Crippen LogP contribution in [0.3, 0.4) is 0 Å². The Labute approximate surface area is 164 Å². The van der Waals surface area contributed by atoms with Crippen molar-refractivity contribution in [2.24, 2.45) is 0 Å². The Kier molecular flexibility index (Phi) is 6.15. The van der Waals surface area contributed by atoms with Crippen molar-refractivity contribution in [2.75, 3.05) is 33.0 Å². The molecule has 0 fully saturated rings. The molecule has 2 aromatic rings. The molecule has 1 aliphatic rings. The Morgan fingerprint density at radius 3 is 2.31 bits per heavy atom. The summed E-state index contributed by atoms with van der Waals surface area (Å²) < 4.78 is 10.4. The summed E-state index contributed by atoms with van der Waals surface area (Å²) in [5.74, 6) is -2.02. The first-order chi connectivity index (χ1) is 13.9. The van der Waals surface area contributed by atoms with Crippen LogP contribution in [0.2, 0.25) is 0 Å². The Balaban J connectivity index is 1.65. The zero-order valence-corrected chi connectivity index (χ0v) is 15.3. The predicted molar refractivity (Wildman–Crippen MR) is 99.9 cm³/mol. The number of ether oxygens (including phenoxy) is 2. The number of amides is 2. The molecule has 2 amide bonds. The highest BCUT2D eigenvalue weighted by Gasteiger charge is 2.34. The molecule has 2 aromatic carbocycles. The first-order valence-electron chi connectivity index (χ1n) is 8.85. The zero-order valence-electron chi connectivity index (χ0n) is 15.3. The fourth-order valence-corrected chi connectivity index (χ4v) is 3.13. The van der Waals surface area contributed by atoms with Crippen molar-refractivity contribution in [3.05, 3.63) is 51.6 Å². The molecule has 0 spiro atoms. The number of hydrogen-bond donors (Lipinski definition) is 1. The van der Waals surface area contributed by atoms with Gasteiger partial charge in [0.15, 0.2) is 0 Å². The number of carboxylic acid groups (broad SMARTS) is 1. The maximum absolute atomic E-state index is 12.8. The van der Waals surface area contributed by atoms with Crippen molar-refractivity contribution < 1.29 is 33.9 Å². The van der Waals surface area contributed by atoms with Crippen LogP contribution < -0.4 is 0 Å². The maximum atomic E-state index is 12.8. The number of nitrogens with zero attached hydrogens (tertiary/aromatic N) is 2. The van der Waals surface area contributed by atoms with Crippen molar-refractivity contribution >= 4 is 34.2 Å². The van der Waals surface area contributed by atoms with Crippen LogP contribution in [0.15, 0.2) is 30.3 Å². The molecule has 3 rings (SSSR count). The summed E-state index contributed by atoms with van der Waals surface area (Å²) in [5, 5.41) is 20.3. The van der Waals surface area contributed by atoms with Gasteiger partial charge in [0, 0.05) is 22.6 Å². The average molecular weight is 402 g/mol. The summed E-state index contributed by atoms with van der Waals surface area (Å²) in [6.07, 6.45) is -0.0973. The van der Waals surface area contributed by atoms with E-state index in [2.05, 4.69) is 0 Å². The van der Waals surface area contributed by atoms with Crippen LogP contribution in [-0.4, -0.2) is 65.7 Å². The van der Waals surface area contributed by atoms with Gasteiger partial charge in [0.05, 0.1) is 49.7 Å². The normalized spacial score (nSPS) is 13.2. The van der Waals surface area contributed by atoms with E-state index in [1.54, 1.807) is 6.07 Å². The van der Waals surface area contributed by atoms with Gasteiger partial charge in [-0.3, -0.25) is 29.4 Å². The number of nitro groups is 1. The van der Waals surface area contributed by atoms with Gasteiger partial charge in [-0.1, -0.05) is 6.07 Å². The van der Waals surface area contributed by atoms with Gasteiger partial charge < -0.3 is 14.6 Å². The van der Waals surface area contributed by atoms with Crippen molar-refractivity contribution in [3.8, 4) is 0 Å². The number of carbonyl (C=O) groups is 3. The molecule has 0 saturated heterocycles. The molecule has 1 N–H and O–H groups in total. The summed E-state index contributed by atoms with van der Waals surface area (Å²) in [5.41, 5.74) is 0.307. The van der Waals surface area contributed by atoms with Gasteiger partial charge >= 0.3 is 5.97 Å². The first kappa shape index (κ1) is 20.4. The van der Waals surface area contributed by atoms with Crippen LogP contribution in [-0.2, 0) is 14.3 Å². The molecule has 10 heteroatoms. The molecule has 29 heavy (non-hydrogen) atoms. The molecule has 0 unspecified atom stereocenters. The highest BCUT2D eigenvalue weighted by molar-refractivity contribution is 6.26. The topological polar surface area (TPSA) is 136 Å². The minimum absolute atomic E-state index is 0.0135. The Morgan fingerprint density at radius 2 is 1.66 bits per heavy atom. The highest BCUT2D eigenvalue weighted by Crippen LogP contribution is 2.35. The Hall–Kier alpha value is -3.37. The molecule has 0 aromatic heterocycles. The quantitative estimate of drug-likeness (QED) is 0.275.